The van der Waals surface area contributed by atoms with Gasteiger partial charge >= 0.3 is 0 Å². The fourth-order valence-corrected chi connectivity index (χ4v) is 3.89. The molecule has 3 rings (SSSR count). The predicted molar refractivity (Wildman–Crippen MR) is 116 cm³/mol. The first-order valence-electron chi connectivity index (χ1n) is 9.25. The highest BCUT2D eigenvalue weighted by Crippen LogP contribution is 2.22. The SMILES string of the molecule is Cc1cc(C(=O)NCc2cccc(NC(=O)CN(C)C)c2)c(C)n1-c1nccs1. The highest BCUT2D eigenvalue weighted by atomic mass is 32.1. The van der Waals surface area contributed by atoms with E-state index in [0.717, 1.165) is 22.1 Å². The third kappa shape index (κ3) is 5.10. The molecule has 2 amide bonds. The molecule has 1 aromatic carbocycles. The number of carbonyl (C=O) groups is 2. The largest absolute Gasteiger partial charge is 0.348 e. The van der Waals surface area contributed by atoms with E-state index in [1.54, 1.807) is 6.20 Å². The standard InChI is InChI=1S/C21H25N5O2S/c1-14-10-18(15(2)26(14)21-22-8-9-29-21)20(28)23-12-16-6-5-7-17(11-16)24-19(27)13-25(3)4/h5-11H,12-13H2,1-4H3,(H,23,28)(H,24,27). The van der Waals surface area contributed by atoms with Gasteiger partial charge in [-0.15, -0.1) is 11.3 Å². The lowest BCUT2D eigenvalue weighted by Gasteiger charge is -2.11. The summed E-state index contributed by atoms with van der Waals surface area (Å²) in [4.78, 5) is 30.8. The number of anilines is 1. The molecule has 29 heavy (non-hydrogen) atoms. The molecule has 2 heterocycles. The summed E-state index contributed by atoms with van der Waals surface area (Å²) < 4.78 is 1.99. The Morgan fingerprint density at radius 2 is 2.00 bits per heavy atom. The van der Waals surface area contributed by atoms with Gasteiger partial charge in [-0.1, -0.05) is 12.1 Å². The van der Waals surface area contributed by atoms with Crippen LogP contribution in [0.3, 0.4) is 0 Å². The zero-order valence-electron chi connectivity index (χ0n) is 17.0. The van der Waals surface area contributed by atoms with Crippen molar-refractivity contribution in [3.63, 3.8) is 0 Å². The van der Waals surface area contributed by atoms with Gasteiger partial charge in [0.05, 0.1) is 12.1 Å². The lowest BCUT2D eigenvalue weighted by molar-refractivity contribution is -0.116. The summed E-state index contributed by atoms with van der Waals surface area (Å²) in [5.74, 6) is -0.214. The number of carbonyl (C=O) groups excluding carboxylic acids is 2. The van der Waals surface area contributed by atoms with Crippen LogP contribution in [0.2, 0.25) is 0 Å². The third-order valence-electron chi connectivity index (χ3n) is 4.41. The molecule has 3 aromatic rings. The normalized spacial score (nSPS) is 10.9. The second-order valence-electron chi connectivity index (χ2n) is 7.10. The van der Waals surface area contributed by atoms with E-state index in [1.165, 1.54) is 11.3 Å². The second-order valence-corrected chi connectivity index (χ2v) is 7.98. The van der Waals surface area contributed by atoms with Crippen LogP contribution < -0.4 is 10.6 Å². The van der Waals surface area contributed by atoms with E-state index in [0.29, 0.717) is 24.3 Å². The molecule has 2 aromatic heterocycles. The molecule has 0 aliphatic carbocycles. The summed E-state index contributed by atoms with van der Waals surface area (Å²) >= 11 is 1.53. The van der Waals surface area contributed by atoms with Crippen LogP contribution in [0.25, 0.3) is 5.13 Å². The third-order valence-corrected chi connectivity index (χ3v) is 5.17. The monoisotopic (exact) mass is 411 g/mol. The van der Waals surface area contributed by atoms with Crippen LogP contribution in [0.15, 0.2) is 41.9 Å². The molecule has 0 unspecified atom stereocenters. The minimum absolute atomic E-state index is 0.0780. The number of nitrogens with one attached hydrogen (secondary N) is 2. The van der Waals surface area contributed by atoms with Crippen LogP contribution in [0.5, 0.6) is 0 Å². The Labute approximate surface area is 174 Å². The van der Waals surface area contributed by atoms with Crippen molar-refractivity contribution in [2.24, 2.45) is 0 Å². The van der Waals surface area contributed by atoms with Crippen molar-refractivity contribution in [2.75, 3.05) is 26.0 Å². The van der Waals surface area contributed by atoms with E-state index in [9.17, 15) is 9.59 Å². The molecule has 2 N–H and O–H groups in total. The van der Waals surface area contributed by atoms with E-state index in [4.69, 9.17) is 0 Å². The number of hydrogen-bond donors (Lipinski definition) is 2. The van der Waals surface area contributed by atoms with Gasteiger partial charge in [-0.2, -0.15) is 0 Å². The first kappa shape index (κ1) is 20.8. The number of hydrogen-bond acceptors (Lipinski definition) is 5. The average Bonchev–Trinajstić information content (AvgIpc) is 3.27. The number of aryl methyl sites for hydroxylation is 1. The molecule has 152 valence electrons. The Bertz CT molecular complexity index is 1010. The van der Waals surface area contributed by atoms with Crippen molar-refractivity contribution in [2.45, 2.75) is 20.4 Å². The van der Waals surface area contributed by atoms with Gasteiger partial charge in [0, 0.05) is 35.2 Å². The van der Waals surface area contributed by atoms with Gasteiger partial charge < -0.3 is 15.5 Å². The summed E-state index contributed by atoms with van der Waals surface area (Å²) in [7, 11) is 3.69. The van der Waals surface area contributed by atoms with Gasteiger partial charge in [0.25, 0.3) is 5.91 Å². The Balaban J connectivity index is 1.66. The first-order valence-corrected chi connectivity index (χ1v) is 10.1. The molecule has 7 nitrogen and oxygen atoms in total. The van der Waals surface area contributed by atoms with Crippen LogP contribution in [0.1, 0.15) is 27.3 Å². The van der Waals surface area contributed by atoms with Gasteiger partial charge in [-0.25, -0.2) is 4.98 Å². The Hall–Kier alpha value is -2.97. The number of nitrogens with zero attached hydrogens (tertiary/aromatic N) is 3. The van der Waals surface area contributed by atoms with Crippen molar-refractivity contribution >= 4 is 28.8 Å². The lowest BCUT2D eigenvalue weighted by atomic mass is 10.2. The molecule has 0 spiro atoms. The van der Waals surface area contributed by atoms with E-state index >= 15 is 0 Å². The fourth-order valence-electron chi connectivity index (χ4n) is 3.14. The maximum Gasteiger partial charge on any atom is 0.253 e. The molecule has 0 aliphatic rings. The zero-order valence-corrected chi connectivity index (χ0v) is 17.8. The van der Waals surface area contributed by atoms with Crippen LogP contribution in [-0.2, 0) is 11.3 Å². The molecule has 0 atom stereocenters. The summed E-state index contributed by atoms with van der Waals surface area (Å²) in [6.45, 7) is 4.57. The first-order chi connectivity index (χ1) is 13.8. The van der Waals surface area contributed by atoms with Crippen molar-refractivity contribution in [3.05, 3.63) is 64.4 Å². The number of likely N-dealkylation sites (N-methyl/N-ethyl adjacent to an activating group) is 1. The average molecular weight is 412 g/mol. The number of rotatable bonds is 7. The molecule has 0 saturated heterocycles. The topological polar surface area (TPSA) is 79.3 Å². The molecule has 0 saturated carbocycles. The summed E-state index contributed by atoms with van der Waals surface area (Å²) in [5, 5.41) is 8.59. The highest BCUT2D eigenvalue weighted by Gasteiger charge is 2.17. The quantitative estimate of drug-likeness (QED) is 0.626. The molecule has 0 aliphatic heterocycles. The van der Waals surface area contributed by atoms with Crippen molar-refractivity contribution in [1.29, 1.82) is 0 Å². The fraction of sp³-hybridized carbons (Fsp3) is 0.286. The smallest absolute Gasteiger partial charge is 0.253 e. The number of amides is 2. The van der Waals surface area contributed by atoms with Gasteiger partial charge in [0.2, 0.25) is 5.91 Å². The van der Waals surface area contributed by atoms with E-state index in [1.807, 2.05) is 73.1 Å². The minimum Gasteiger partial charge on any atom is -0.348 e. The van der Waals surface area contributed by atoms with Crippen LogP contribution in [0.4, 0.5) is 5.69 Å². The van der Waals surface area contributed by atoms with E-state index in [-0.39, 0.29) is 11.8 Å². The van der Waals surface area contributed by atoms with Crippen molar-refractivity contribution < 1.29 is 9.59 Å². The van der Waals surface area contributed by atoms with Gasteiger partial charge in [0.1, 0.15) is 0 Å². The molecular formula is C21H25N5O2S. The molecule has 0 radical (unpaired) electrons. The maximum atomic E-state index is 12.7. The minimum atomic E-state index is -0.136. The van der Waals surface area contributed by atoms with Gasteiger partial charge in [0.15, 0.2) is 5.13 Å². The summed E-state index contributed by atoms with van der Waals surface area (Å²) in [6, 6.07) is 9.36. The molecule has 0 bridgehead atoms. The summed E-state index contributed by atoms with van der Waals surface area (Å²) in [5.41, 5.74) is 4.08. The maximum absolute atomic E-state index is 12.7. The van der Waals surface area contributed by atoms with Crippen LogP contribution >= 0.6 is 11.3 Å². The molecular weight excluding hydrogens is 386 g/mol. The highest BCUT2D eigenvalue weighted by molar-refractivity contribution is 7.12. The van der Waals surface area contributed by atoms with Gasteiger partial charge in [-0.3, -0.25) is 14.2 Å². The Morgan fingerprint density at radius 1 is 1.21 bits per heavy atom. The van der Waals surface area contributed by atoms with Crippen LogP contribution in [0, 0.1) is 13.8 Å². The predicted octanol–water partition coefficient (Wildman–Crippen LogP) is 2.98. The number of thiazole rings is 1. The molecule has 0 fully saturated rings. The Kier molecular flexibility index (Phi) is 6.46. The lowest BCUT2D eigenvalue weighted by Crippen LogP contribution is -2.27. The zero-order chi connectivity index (χ0) is 21.0. The molecule has 8 heteroatoms. The van der Waals surface area contributed by atoms with Crippen molar-refractivity contribution in [3.8, 4) is 5.13 Å². The summed E-state index contributed by atoms with van der Waals surface area (Å²) in [6.07, 6.45) is 1.75. The Morgan fingerprint density at radius 3 is 2.69 bits per heavy atom. The number of aromatic nitrogens is 2. The van der Waals surface area contributed by atoms with Crippen LogP contribution in [-0.4, -0.2) is 46.9 Å². The van der Waals surface area contributed by atoms with E-state index in [2.05, 4.69) is 15.6 Å². The number of benzene rings is 1. The second kappa shape index (κ2) is 9.02. The van der Waals surface area contributed by atoms with Crippen molar-refractivity contribution in [1.82, 2.24) is 19.8 Å². The van der Waals surface area contributed by atoms with Gasteiger partial charge in [-0.05, 0) is 51.7 Å². The van der Waals surface area contributed by atoms with E-state index < -0.39 is 0 Å².